The van der Waals surface area contributed by atoms with E-state index in [0.29, 0.717) is 16.6 Å². The molecule has 0 aliphatic carbocycles. The van der Waals surface area contributed by atoms with Crippen LogP contribution in [0.5, 0.6) is 0 Å². The molecule has 0 aliphatic heterocycles. The van der Waals surface area contributed by atoms with E-state index in [1.807, 2.05) is 48.6 Å². The summed E-state index contributed by atoms with van der Waals surface area (Å²) in [6.45, 7) is 0. The fourth-order valence-corrected chi connectivity index (χ4v) is 2.86. The highest BCUT2D eigenvalue weighted by atomic mass is 79.9. The number of hydrogen-bond donors (Lipinski definition) is 1. The second-order valence-electron chi connectivity index (χ2n) is 4.95. The zero-order chi connectivity index (χ0) is 16.4. The number of benzene rings is 2. The Morgan fingerprint density at radius 2 is 1.65 bits per heavy atom. The quantitative estimate of drug-likeness (QED) is 0.583. The van der Waals surface area contributed by atoms with Gasteiger partial charge in [0.2, 0.25) is 0 Å². The average Bonchev–Trinajstić information content (AvgIpc) is 2.53. The molecule has 0 bridgehead atoms. The molecule has 0 saturated heterocycles. The van der Waals surface area contributed by atoms with Crippen LogP contribution in [-0.4, -0.2) is 16.1 Å². The highest BCUT2D eigenvalue weighted by Crippen LogP contribution is 2.24. The van der Waals surface area contributed by atoms with Gasteiger partial charge in [-0.3, -0.25) is 0 Å². The van der Waals surface area contributed by atoms with Crippen LogP contribution in [0, 0.1) is 0 Å². The SMILES string of the molecule is O=C(O)c1cc(/C=C/c2ccc(Br)cc2)nc2ccc(Br)cc12. The van der Waals surface area contributed by atoms with Crippen LogP contribution in [0.1, 0.15) is 21.6 Å². The van der Waals surface area contributed by atoms with E-state index < -0.39 is 5.97 Å². The molecule has 0 unspecified atom stereocenters. The Hall–Kier alpha value is -1.98. The normalized spacial score (nSPS) is 11.2. The van der Waals surface area contributed by atoms with Crippen LogP contribution in [0.25, 0.3) is 23.1 Å². The second-order valence-corrected chi connectivity index (χ2v) is 6.78. The Bertz CT molecular complexity index is 918. The summed E-state index contributed by atoms with van der Waals surface area (Å²) in [5.74, 6) is -0.964. The molecule has 0 radical (unpaired) electrons. The molecule has 0 saturated carbocycles. The number of nitrogens with zero attached hydrogens (tertiary/aromatic N) is 1. The predicted octanol–water partition coefficient (Wildman–Crippen LogP) is 5.63. The van der Waals surface area contributed by atoms with Gasteiger partial charge in [-0.15, -0.1) is 0 Å². The fraction of sp³-hybridized carbons (Fsp3) is 0. The van der Waals surface area contributed by atoms with Crippen LogP contribution in [-0.2, 0) is 0 Å². The number of carboxylic acid groups (broad SMARTS) is 1. The Balaban J connectivity index is 2.06. The fourth-order valence-electron chi connectivity index (χ4n) is 2.24. The van der Waals surface area contributed by atoms with Gasteiger partial charge in [-0.2, -0.15) is 0 Å². The lowest BCUT2D eigenvalue weighted by molar-refractivity contribution is 0.0699. The molecule has 0 amide bonds. The van der Waals surface area contributed by atoms with Gasteiger partial charge >= 0.3 is 5.97 Å². The van der Waals surface area contributed by atoms with Crippen molar-refractivity contribution >= 4 is 60.9 Å². The largest absolute Gasteiger partial charge is 0.478 e. The minimum atomic E-state index is -0.964. The average molecular weight is 433 g/mol. The predicted molar refractivity (Wildman–Crippen MR) is 99.5 cm³/mol. The molecule has 1 heterocycles. The Morgan fingerprint density at radius 3 is 2.35 bits per heavy atom. The van der Waals surface area contributed by atoms with E-state index in [-0.39, 0.29) is 5.56 Å². The first-order chi connectivity index (χ1) is 11.0. The van der Waals surface area contributed by atoms with Gasteiger partial charge in [-0.25, -0.2) is 9.78 Å². The maximum atomic E-state index is 11.5. The van der Waals surface area contributed by atoms with Gasteiger partial charge < -0.3 is 5.11 Å². The lowest BCUT2D eigenvalue weighted by Crippen LogP contribution is -2.00. The van der Waals surface area contributed by atoms with Crippen molar-refractivity contribution in [2.75, 3.05) is 0 Å². The minimum absolute atomic E-state index is 0.242. The van der Waals surface area contributed by atoms with E-state index in [2.05, 4.69) is 36.8 Å². The van der Waals surface area contributed by atoms with E-state index >= 15 is 0 Å². The molecule has 0 aliphatic rings. The number of halogens is 2. The smallest absolute Gasteiger partial charge is 0.336 e. The molecular formula is C18H11Br2NO2. The first-order valence-corrected chi connectivity index (χ1v) is 8.39. The standard InChI is InChI=1S/C18H11Br2NO2/c19-12-4-1-11(2-5-12)3-7-14-10-16(18(22)23)15-9-13(20)6-8-17(15)21-14/h1-10H,(H,22,23)/b7-3+. The topological polar surface area (TPSA) is 50.2 Å². The highest BCUT2D eigenvalue weighted by Gasteiger charge is 2.11. The van der Waals surface area contributed by atoms with E-state index in [0.717, 1.165) is 14.5 Å². The molecule has 0 atom stereocenters. The maximum absolute atomic E-state index is 11.5. The summed E-state index contributed by atoms with van der Waals surface area (Å²) in [6.07, 6.45) is 3.72. The second kappa shape index (κ2) is 6.64. The molecule has 3 nitrogen and oxygen atoms in total. The summed E-state index contributed by atoms with van der Waals surface area (Å²) in [5, 5.41) is 10.1. The number of hydrogen-bond acceptors (Lipinski definition) is 2. The van der Waals surface area contributed by atoms with Crippen molar-refractivity contribution in [1.82, 2.24) is 4.98 Å². The summed E-state index contributed by atoms with van der Waals surface area (Å²) in [5.41, 5.74) is 2.53. The maximum Gasteiger partial charge on any atom is 0.336 e. The number of aromatic nitrogens is 1. The molecular weight excluding hydrogens is 422 g/mol. The third-order valence-electron chi connectivity index (χ3n) is 3.34. The molecule has 23 heavy (non-hydrogen) atoms. The van der Waals surface area contributed by atoms with Crippen molar-refractivity contribution < 1.29 is 9.90 Å². The molecule has 114 valence electrons. The van der Waals surface area contributed by atoms with Crippen LogP contribution in [0.15, 0.2) is 57.5 Å². The van der Waals surface area contributed by atoms with Crippen molar-refractivity contribution in [3.05, 3.63) is 74.3 Å². The number of carbonyl (C=O) groups is 1. The summed E-state index contributed by atoms with van der Waals surface area (Å²) < 4.78 is 1.84. The molecule has 5 heteroatoms. The molecule has 0 spiro atoms. The number of pyridine rings is 1. The van der Waals surface area contributed by atoms with E-state index in [9.17, 15) is 9.90 Å². The first kappa shape index (κ1) is 15.9. The third kappa shape index (κ3) is 3.68. The van der Waals surface area contributed by atoms with Gasteiger partial charge in [-0.1, -0.05) is 50.1 Å². The van der Waals surface area contributed by atoms with Crippen molar-refractivity contribution in [3.8, 4) is 0 Å². The van der Waals surface area contributed by atoms with E-state index in [1.54, 1.807) is 12.1 Å². The van der Waals surface area contributed by atoms with Crippen LogP contribution in [0.2, 0.25) is 0 Å². The summed E-state index contributed by atoms with van der Waals surface area (Å²) in [7, 11) is 0. The minimum Gasteiger partial charge on any atom is -0.478 e. The van der Waals surface area contributed by atoms with Gasteiger partial charge in [0.05, 0.1) is 16.8 Å². The van der Waals surface area contributed by atoms with Crippen LogP contribution >= 0.6 is 31.9 Å². The molecule has 3 aromatic rings. The molecule has 1 N–H and O–H groups in total. The zero-order valence-corrected chi connectivity index (χ0v) is 15.0. The Labute approximate surface area is 149 Å². The van der Waals surface area contributed by atoms with Crippen molar-refractivity contribution in [2.45, 2.75) is 0 Å². The summed E-state index contributed by atoms with van der Waals surface area (Å²) in [6, 6.07) is 14.9. The van der Waals surface area contributed by atoms with Crippen LogP contribution in [0.3, 0.4) is 0 Å². The number of carboxylic acids is 1. The lowest BCUT2D eigenvalue weighted by atomic mass is 10.1. The van der Waals surface area contributed by atoms with Crippen LogP contribution < -0.4 is 0 Å². The van der Waals surface area contributed by atoms with Gasteiger partial charge in [0.15, 0.2) is 0 Å². The third-order valence-corrected chi connectivity index (χ3v) is 4.36. The van der Waals surface area contributed by atoms with Crippen molar-refractivity contribution in [1.29, 1.82) is 0 Å². The Kier molecular flexibility index (Phi) is 4.59. The monoisotopic (exact) mass is 431 g/mol. The summed E-state index contributed by atoms with van der Waals surface area (Å²) in [4.78, 5) is 16.0. The van der Waals surface area contributed by atoms with Gasteiger partial charge in [0, 0.05) is 14.3 Å². The molecule has 3 rings (SSSR count). The Morgan fingerprint density at radius 1 is 0.957 bits per heavy atom. The number of aromatic carboxylic acids is 1. The number of rotatable bonds is 3. The van der Waals surface area contributed by atoms with Crippen LogP contribution in [0.4, 0.5) is 0 Å². The van der Waals surface area contributed by atoms with Crippen molar-refractivity contribution in [3.63, 3.8) is 0 Å². The van der Waals surface area contributed by atoms with Gasteiger partial charge in [0.1, 0.15) is 0 Å². The molecule has 1 aromatic heterocycles. The molecule has 0 fully saturated rings. The van der Waals surface area contributed by atoms with E-state index in [4.69, 9.17) is 0 Å². The summed E-state index contributed by atoms with van der Waals surface area (Å²) >= 11 is 6.76. The highest BCUT2D eigenvalue weighted by molar-refractivity contribution is 9.10. The van der Waals surface area contributed by atoms with E-state index in [1.165, 1.54) is 0 Å². The lowest BCUT2D eigenvalue weighted by Gasteiger charge is -2.05. The first-order valence-electron chi connectivity index (χ1n) is 6.80. The van der Waals surface area contributed by atoms with Crippen molar-refractivity contribution in [2.24, 2.45) is 0 Å². The van der Waals surface area contributed by atoms with Gasteiger partial charge in [0.25, 0.3) is 0 Å². The zero-order valence-electron chi connectivity index (χ0n) is 11.8. The molecule has 2 aromatic carbocycles. The van der Waals surface area contributed by atoms with Gasteiger partial charge in [-0.05, 0) is 48.0 Å². The number of fused-ring (bicyclic) bond motifs is 1.